The van der Waals surface area contributed by atoms with Crippen molar-refractivity contribution in [2.24, 2.45) is 0 Å². The largest absolute Gasteiger partial charge is 0.348 e. The van der Waals surface area contributed by atoms with Crippen molar-refractivity contribution in [2.75, 3.05) is 13.1 Å². The van der Waals surface area contributed by atoms with E-state index in [9.17, 15) is 9.59 Å². The lowest BCUT2D eigenvalue weighted by atomic mass is 9.94. The third kappa shape index (κ3) is 7.11. The molecule has 1 heterocycles. The number of hydrogen-bond donors (Lipinski definition) is 3. The minimum atomic E-state index is -0.208. The van der Waals surface area contributed by atoms with Gasteiger partial charge in [0.15, 0.2) is 0 Å². The molecule has 31 heavy (non-hydrogen) atoms. The van der Waals surface area contributed by atoms with Gasteiger partial charge in [0.1, 0.15) is 0 Å². The molecule has 0 aliphatic rings. The molecule has 1 amide bonds. The van der Waals surface area contributed by atoms with E-state index in [-0.39, 0.29) is 18.0 Å². The highest BCUT2D eigenvalue weighted by molar-refractivity contribution is 5.96. The summed E-state index contributed by atoms with van der Waals surface area (Å²) in [5.74, 6) is 2.46. The number of terminal acetylenes is 1. The van der Waals surface area contributed by atoms with Crippen LogP contribution < -0.4 is 16.2 Å². The van der Waals surface area contributed by atoms with Gasteiger partial charge in [-0.1, -0.05) is 25.7 Å². The fourth-order valence-electron chi connectivity index (χ4n) is 3.81. The molecule has 0 unspecified atom stereocenters. The van der Waals surface area contributed by atoms with E-state index in [2.05, 4.69) is 28.5 Å². The lowest BCUT2D eigenvalue weighted by molar-refractivity contribution is 0.0950. The zero-order valence-corrected chi connectivity index (χ0v) is 19.3. The van der Waals surface area contributed by atoms with Crippen LogP contribution in [0.2, 0.25) is 0 Å². The van der Waals surface area contributed by atoms with Crippen LogP contribution in [0.25, 0.3) is 0 Å². The Morgan fingerprint density at radius 1 is 1.10 bits per heavy atom. The first kappa shape index (κ1) is 24.4. The molecular formula is C26H35N3O2. The van der Waals surface area contributed by atoms with Crippen molar-refractivity contribution in [1.29, 1.82) is 0 Å². The highest BCUT2D eigenvalue weighted by Gasteiger charge is 2.15. The fraction of sp³-hybridized carbons (Fsp3) is 0.462. The summed E-state index contributed by atoms with van der Waals surface area (Å²) in [6.45, 7) is 10.1. The number of nitrogens with one attached hydrogen (secondary N) is 3. The number of amides is 1. The van der Waals surface area contributed by atoms with Crippen LogP contribution in [-0.4, -0.2) is 24.0 Å². The number of benzene rings is 1. The Morgan fingerprint density at radius 3 is 2.52 bits per heavy atom. The number of rotatable bonds is 11. The van der Waals surface area contributed by atoms with E-state index < -0.39 is 0 Å². The maximum atomic E-state index is 12.9. The Balaban J connectivity index is 2.06. The minimum absolute atomic E-state index is 0.165. The van der Waals surface area contributed by atoms with Crippen molar-refractivity contribution in [1.82, 2.24) is 15.6 Å². The Morgan fingerprint density at radius 2 is 1.84 bits per heavy atom. The number of pyridine rings is 1. The molecular weight excluding hydrogens is 386 g/mol. The van der Waals surface area contributed by atoms with E-state index in [0.717, 1.165) is 54.7 Å². The average molecular weight is 422 g/mol. The van der Waals surface area contributed by atoms with Crippen LogP contribution in [0.5, 0.6) is 0 Å². The van der Waals surface area contributed by atoms with E-state index in [4.69, 9.17) is 6.42 Å². The monoisotopic (exact) mass is 421 g/mol. The van der Waals surface area contributed by atoms with Gasteiger partial charge in [-0.2, -0.15) is 0 Å². The minimum Gasteiger partial charge on any atom is -0.348 e. The van der Waals surface area contributed by atoms with E-state index in [1.165, 1.54) is 12.8 Å². The van der Waals surface area contributed by atoms with Gasteiger partial charge in [-0.25, -0.2) is 0 Å². The Labute approximate surface area is 186 Å². The molecule has 0 saturated heterocycles. The van der Waals surface area contributed by atoms with E-state index in [1.807, 2.05) is 32.9 Å². The zero-order chi connectivity index (χ0) is 22.8. The molecule has 0 atom stereocenters. The van der Waals surface area contributed by atoms with E-state index in [1.54, 1.807) is 6.07 Å². The number of aryl methyl sites for hydroxylation is 3. The summed E-state index contributed by atoms with van der Waals surface area (Å²) in [6, 6.07) is 5.68. The third-order valence-corrected chi connectivity index (χ3v) is 5.65. The quantitative estimate of drug-likeness (QED) is 0.380. The van der Waals surface area contributed by atoms with Gasteiger partial charge in [0, 0.05) is 28.9 Å². The van der Waals surface area contributed by atoms with Crippen LogP contribution in [0.15, 0.2) is 23.0 Å². The fourth-order valence-corrected chi connectivity index (χ4v) is 3.81. The molecule has 0 radical (unpaired) electrons. The number of H-pyrrole nitrogens is 1. The third-order valence-electron chi connectivity index (χ3n) is 5.65. The number of aromatic amines is 1. The molecule has 0 spiro atoms. The van der Waals surface area contributed by atoms with Crippen LogP contribution in [-0.2, 0) is 13.0 Å². The number of aromatic nitrogens is 1. The molecule has 1 aromatic carbocycles. The Hall–Kier alpha value is -2.84. The molecule has 166 valence electrons. The number of hydrogen-bond acceptors (Lipinski definition) is 3. The van der Waals surface area contributed by atoms with Gasteiger partial charge < -0.3 is 15.6 Å². The first-order valence-corrected chi connectivity index (χ1v) is 11.2. The van der Waals surface area contributed by atoms with Gasteiger partial charge in [0.2, 0.25) is 0 Å². The predicted molar refractivity (Wildman–Crippen MR) is 128 cm³/mol. The second kappa shape index (κ2) is 12.1. The summed E-state index contributed by atoms with van der Waals surface area (Å²) in [4.78, 5) is 27.9. The standard InChI is InChI=1S/C26H35N3O2/c1-6-21-15-22(12-10-8-9-11-13-27-7-2)20(5)23(16-21)25(30)28-17-24-18(3)14-19(4)29-26(24)31/h1,14-16,27H,7-13,17H2,2-5H3,(H,28,30)(H,29,31). The highest BCUT2D eigenvalue weighted by atomic mass is 16.1. The maximum Gasteiger partial charge on any atom is 0.253 e. The second-order valence-corrected chi connectivity index (χ2v) is 8.10. The normalized spacial score (nSPS) is 10.7. The van der Waals surface area contributed by atoms with Crippen LogP contribution in [0.1, 0.15) is 76.5 Å². The van der Waals surface area contributed by atoms with Crippen LogP contribution in [0, 0.1) is 33.1 Å². The molecule has 0 saturated carbocycles. The van der Waals surface area contributed by atoms with Crippen molar-refractivity contribution < 1.29 is 4.79 Å². The van der Waals surface area contributed by atoms with Gasteiger partial charge in [-0.3, -0.25) is 9.59 Å². The van der Waals surface area contributed by atoms with Crippen LogP contribution in [0.3, 0.4) is 0 Å². The van der Waals surface area contributed by atoms with Gasteiger partial charge >= 0.3 is 0 Å². The molecule has 2 rings (SSSR count). The Bertz CT molecular complexity index is 999. The van der Waals surface area contributed by atoms with Gasteiger partial charge in [-0.15, -0.1) is 6.42 Å². The number of unbranched alkanes of at least 4 members (excludes halogenated alkanes) is 3. The molecule has 5 heteroatoms. The van der Waals surface area contributed by atoms with Crippen molar-refractivity contribution in [3.63, 3.8) is 0 Å². The second-order valence-electron chi connectivity index (χ2n) is 8.10. The lowest BCUT2D eigenvalue weighted by Gasteiger charge is -2.14. The molecule has 0 fully saturated rings. The Kier molecular flexibility index (Phi) is 9.55. The lowest BCUT2D eigenvalue weighted by Crippen LogP contribution is -2.28. The SMILES string of the molecule is C#Cc1cc(CCCCCCNCC)c(C)c(C(=O)NCc2c(C)cc(C)[nH]c2=O)c1. The molecule has 1 aromatic heterocycles. The van der Waals surface area contributed by atoms with E-state index in [0.29, 0.717) is 16.7 Å². The molecule has 0 aliphatic heterocycles. The summed E-state index contributed by atoms with van der Waals surface area (Å²) >= 11 is 0. The van der Waals surface area contributed by atoms with Crippen molar-refractivity contribution in [3.8, 4) is 12.3 Å². The summed E-state index contributed by atoms with van der Waals surface area (Å²) in [6.07, 6.45) is 11.1. The predicted octanol–water partition coefficient (Wildman–Crippen LogP) is 3.92. The average Bonchev–Trinajstić information content (AvgIpc) is 2.73. The van der Waals surface area contributed by atoms with Gasteiger partial charge in [0.25, 0.3) is 11.5 Å². The topological polar surface area (TPSA) is 74.0 Å². The highest BCUT2D eigenvalue weighted by Crippen LogP contribution is 2.20. The first-order chi connectivity index (χ1) is 14.9. The number of carbonyl (C=O) groups is 1. The maximum absolute atomic E-state index is 12.9. The smallest absolute Gasteiger partial charge is 0.253 e. The molecule has 0 aliphatic carbocycles. The molecule has 2 aromatic rings. The van der Waals surface area contributed by atoms with Crippen molar-refractivity contribution in [2.45, 2.75) is 66.3 Å². The molecule has 3 N–H and O–H groups in total. The summed E-state index contributed by atoms with van der Waals surface area (Å²) in [7, 11) is 0. The summed E-state index contributed by atoms with van der Waals surface area (Å²) in [5, 5.41) is 6.24. The van der Waals surface area contributed by atoms with Crippen LogP contribution >= 0.6 is 0 Å². The summed E-state index contributed by atoms with van der Waals surface area (Å²) < 4.78 is 0. The van der Waals surface area contributed by atoms with Gasteiger partial charge in [0.05, 0.1) is 0 Å². The molecule has 0 bridgehead atoms. The van der Waals surface area contributed by atoms with Gasteiger partial charge in [-0.05, 0) is 88.0 Å². The first-order valence-electron chi connectivity index (χ1n) is 11.2. The van der Waals surface area contributed by atoms with Crippen LogP contribution in [0.4, 0.5) is 0 Å². The summed E-state index contributed by atoms with van der Waals surface area (Å²) in [5.41, 5.74) is 5.45. The zero-order valence-electron chi connectivity index (χ0n) is 19.3. The van der Waals surface area contributed by atoms with Crippen molar-refractivity contribution >= 4 is 5.91 Å². The number of carbonyl (C=O) groups excluding carboxylic acids is 1. The van der Waals surface area contributed by atoms with E-state index >= 15 is 0 Å². The van der Waals surface area contributed by atoms with Crippen molar-refractivity contribution in [3.05, 3.63) is 67.6 Å². The molecule has 5 nitrogen and oxygen atoms in total.